The molecule has 2 aromatic rings. The first-order valence-electron chi connectivity index (χ1n) is 5.37. The molecule has 0 radical (unpaired) electrons. The fourth-order valence-electron chi connectivity index (χ4n) is 2.02. The van der Waals surface area contributed by atoms with E-state index in [1.165, 1.54) is 6.42 Å². The molecule has 0 aliphatic carbocycles. The van der Waals surface area contributed by atoms with E-state index >= 15 is 0 Å². The minimum atomic E-state index is 0.0751. The Morgan fingerprint density at radius 2 is 2.20 bits per heavy atom. The molecule has 0 saturated carbocycles. The van der Waals surface area contributed by atoms with Gasteiger partial charge in [-0.25, -0.2) is 4.68 Å². The van der Waals surface area contributed by atoms with Crippen LogP contribution >= 0.6 is 0 Å². The summed E-state index contributed by atoms with van der Waals surface area (Å²) in [5.41, 5.74) is 2.00. The first-order valence-corrected chi connectivity index (χ1v) is 5.37. The number of ether oxygens (including phenoxy) is 1. The van der Waals surface area contributed by atoms with Crippen LogP contribution in [0.2, 0.25) is 0 Å². The summed E-state index contributed by atoms with van der Waals surface area (Å²) in [5.74, 6) is 0. The fourth-order valence-corrected chi connectivity index (χ4v) is 2.02. The smallest absolute Gasteiger partial charge is 0.152 e. The lowest BCUT2D eigenvalue weighted by Crippen LogP contribution is -2.19. The van der Waals surface area contributed by atoms with Gasteiger partial charge in [-0.3, -0.25) is 0 Å². The molecule has 0 N–H and O–H groups in total. The molecule has 1 aliphatic heterocycles. The van der Waals surface area contributed by atoms with Crippen molar-refractivity contribution < 1.29 is 4.74 Å². The lowest BCUT2D eigenvalue weighted by Gasteiger charge is -2.22. The highest BCUT2D eigenvalue weighted by Crippen LogP contribution is 2.24. The van der Waals surface area contributed by atoms with Crippen molar-refractivity contribution in [2.24, 2.45) is 0 Å². The molecule has 4 heteroatoms. The van der Waals surface area contributed by atoms with Gasteiger partial charge in [0.1, 0.15) is 5.52 Å². The van der Waals surface area contributed by atoms with Crippen LogP contribution in [0.25, 0.3) is 11.0 Å². The highest BCUT2D eigenvalue weighted by Gasteiger charge is 2.18. The van der Waals surface area contributed by atoms with E-state index in [-0.39, 0.29) is 6.23 Å². The molecule has 0 unspecified atom stereocenters. The molecule has 4 nitrogen and oxygen atoms in total. The minimum Gasteiger partial charge on any atom is -0.356 e. The molecule has 1 aromatic carbocycles. The van der Waals surface area contributed by atoms with E-state index < -0.39 is 0 Å². The zero-order valence-corrected chi connectivity index (χ0v) is 8.47. The molecule has 15 heavy (non-hydrogen) atoms. The molecule has 1 aliphatic rings. The summed E-state index contributed by atoms with van der Waals surface area (Å²) in [6.45, 7) is 0.832. The third-order valence-electron chi connectivity index (χ3n) is 2.81. The largest absolute Gasteiger partial charge is 0.356 e. The number of nitrogens with zero attached hydrogens (tertiary/aromatic N) is 3. The Morgan fingerprint density at radius 3 is 3.07 bits per heavy atom. The van der Waals surface area contributed by atoms with Crippen molar-refractivity contribution in [3.05, 3.63) is 24.3 Å². The minimum absolute atomic E-state index is 0.0751. The number of fused-ring (bicyclic) bond motifs is 1. The molecule has 1 fully saturated rings. The number of hydrogen-bond acceptors (Lipinski definition) is 3. The molecule has 1 aromatic heterocycles. The highest BCUT2D eigenvalue weighted by atomic mass is 16.5. The molecular weight excluding hydrogens is 190 g/mol. The van der Waals surface area contributed by atoms with Gasteiger partial charge < -0.3 is 4.74 Å². The van der Waals surface area contributed by atoms with Crippen LogP contribution in [-0.2, 0) is 4.74 Å². The quantitative estimate of drug-likeness (QED) is 0.712. The predicted molar refractivity (Wildman–Crippen MR) is 56.4 cm³/mol. The number of rotatable bonds is 1. The zero-order valence-electron chi connectivity index (χ0n) is 8.47. The van der Waals surface area contributed by atoms with Crippen LogP contribution in [0.4, 0.5) is 0 Å². The Labute approximate surface area is 87.8 Å². The van der Waals surface area contributed by atoms with E-state index in [2.05, 4.69) is 10.3 Å². The van der Waals surface area contributed by atoms with Gasteiger partial charge in [0.2, 0.25) is 0 Å². The Bertz CT molecular complexity index is 460. The van der Waals surface area contributed by atoms with E-state index in [1.54, 1.807) is 0 Å². The average Bonchev–Trinajstić information content (AvgIpc) is 2.74. The first kappa shape index (κ1) is 8.85. The van der Waals surface area contributed by atoms with Gasteiger partial charge in [0.05, 0.1) is 5.52 Å². The second kappa shape index (κ2) is 3.62. The number of para-hydroxylation sites is 1. The van der Waals surface area contributed by atoms with Crippen molar-refractivity contribution in [1.82, 2.24) is 15.0 Å². The van der Waals surface area contributed by atoms with Crippen molar-refractivity contribution in [1.29, 1.82) is 0 Å². The fraction of sp³-hybridized carbons (Fsp3) is 0.455. The van der Waals surface area contributed by atoms with Crippen LogP contribution in [0.15, 0.2) is 24.3 Å². The Hall–Kier alpha value is -1.42. The highest BCUT2D eigenvalue weighted by molar-refractivity contribution is 5.73. The van der Waals surface area contributed by atoms with Gasteiger partial charge in [-0.15, -0.1) is 5.10 Å². The molecule has 1 atom stereocenters. The van der Waals surface area contributed by atoms with Crippen molar-refractivity contribution in [2.45, 2.75) is 25.5 Å². The van der Waals surface area contributed by atoms with Crippen molar-refractivity contribution in [2.75, 3.05) is 6.61 Å². The van der Waals surface area contributed by atoms with Crippen LogP contribution in [0.3, 0.4) is 0 Å². The van der Waals surface area contributed by atoms with Crippen LogP contribution in [0.1, 0.15) is 25.5 Å². The Morgan fingerprint density at radius 1 is 1.27 bits per heavy atom. The van der Waals surface area contributed by atoms with Gasteiger partial charge in [-0.05, 0) is 31.4 Å². The maximum Gasteiger partial charge on any atom is 0.152 e. The van der Waals surface area contributed by atoms with Crippen molar-refractivity contribution in [3.8, 4) is 0 Å². The Kier molecular flexibility index (Phi) is 2.14. The van der Waals surface area contributed by atoms with Crippen molar-refractivity contribution >= 4 is 11.0 Å². The van der Waals surface area contributed by atoms with Crippen molar-refractivity contribution in [3.63, 3.8) is 0 Å². The van der Waals surface area contributed by atoms with Gasteiger partial charge in [-0.1, -0.05) is 17.3 Å². The van der Waals surface area contributed by atoms with Gasteiger partial charge in [0, 0.05) is 6.61 Å². The van der Waals surface area contributed by atoms with Gasteiger partial charge in [0.25, 0.3) is 0 Å². The molecule has 78 valence electrons. The van der Waals surface area contributed by atoms with Crippen LogP contribution in [0, 0.1) is 0 Å². The molecular formula is C11H13N3O. The molecule has 2 heterocycles. The maximum atomic E-state index is 5.69. The summed E-state index contributed by atoms with van der Waals surface area (Å²) in [5, 5.41) is 8.29. The second-order valence-corrected chi connectivity index (χ2v) is 3.84. The van der Waals surface area contributed by atoms with E-state index in [9.17, 15) is 0 Å². The zero-order chi connectivity index (χ0) is 10.1. The number of benzene rings is 1. The Balaban J connectivity index is 2.02. The third kappa shape index (κ3) is 1.51. The van der Waals surface area contributed by atoms with Gasteiger partial charge in [0.15, 0.2) is 6.23 Å². The second-order valence-electron chi connectivity index (χ2n) is 3.84. The van der Waals surface area contributed by atoms with Gasteiger partial charge >= 0.3 is 0 Å². The van der Waals surface area contributed by atoms with Crippen LogP contribution < -0.4 is 0 Å². The molecule has 1 saturated heterocycles. The van der Waals surface area contributed by atoms with Gasteiger partial charge in [-0.2, -0.15) is 0 Å². The van der Waals surface area contributed by atoms with E-state index in [0.29, 0.717) is 0 Å². The van der Waals surface area contributed by atoms with E-state index in [4.69, 9.17) is 4.74 Å². The molecule has 0 spiro atoms. The predicted octanol–water partition coefficient (Wildman–Crippen LogP) is 2.13. The standard InChI is InChI=1S/C11H13N3O/c1-2-6-10-9(5-1)12-13-14(10)11-7-3-4-8-15-11/h1-2,5-6,11H,3-4,7-8H2/t11-/m0/s1. The van der Waals surface area contributed by atoms with E-state index in [1.807, 2.05) is 28.9 Å². The topological polar surface area (TPSA) is 39.9 Å². The lowest BCUT2D eigenvalue weighted by atomic mass is 10.2. The summed E-state index contributed by atoms with van der Waals surface area (Å²) >= 11 is 0. The number of aromatic nitrogens is 3. The van der Waals surface area contributed by atoms with Crippen LogP contribution in [-0.4, -0.2) is 21.6 Å². The summed E-state index contributed by atoms with van der Waals surface area (Å²) in [6.07, 6.45) is 3.47. The molecule has 0 bridgehead atoms. The maximum absolute atomic E-state index is 5.69. The van der Waals surface area contributed by atoms with E-state index in [0.717, 1.165) is 30.5 Å². The SMILES string of the molecule is c1ccc2c(c1)nnn2[C@@H]1CCCCO1. The average molecular weight is 203 g/mol. The lowest BCUT2D eigenvalue weighted by molar-refractivity contribution is -0.0377. The molecule has 0 amide bonds. The monoisotopic (exact) mass is 203 g/mol. The summed E-state index contributed by atoms with van der Waals surface area (Å²) in [6, 6.07) is 7.99. The summed E-state index contributed by atoms with van der Waals surface area (Å²) < 4.78 is 7.59. The third-order valence-corrected chi connectivity index (χ3v) is 2.81. The number of hydrogen-bond donors (Lipinski definition) is 0. The van der Waals surface area contributed by atoms with Crippen LogP contribution in [0.5, 0.6) is 0 Å². The summed E-state index contributed by atoms with van der Waals surface area (Å²) in [4.78, 5) is 0. The normalized spacial score (nSPS) is 22.0. The summed E-state index contributed by atoms with van der Waals surface area (Å²) in [7, 11) is 0. The first-order chi connectivity index (χ1) is 7.45. The molecule has 3 rings (SSSR count).